The minimum Gasteiger partial charge on any atom is -0.278 e. The van der Waals surface area contributed by atoms with Gasteiger partial charge in [-0.2, -0.15) is 9.78 Å². The quantitative estimate of drug-likeness (QED) is 0.589. The Labute approximate surface area is 173 Å². The molecule has 1 heterocycles. The molecule has 0 atom stereocenters. The van der Waals surface area contributed by atoms with Crippen molar-refractivity contribution < 1.29 is 8.42 Å². The molecule has 0 aliphatic rings. The third-order valence-corrected chi connectivity index (χ3v) is 6.42. The van der Waals surface area contributed by atoms with Gasteiger partial charge in [0.15, 0.2) is 0 Å². The van der Waals surface area contributed by atoms with Crippen LogP contribution < -0.4 is 10.3 Å². The van der Waals surface area contributed by atoms with Gasteiger partial charge in [-0.05, 0) is 64.8 Å². The number of hydrogen-bond donors (Lipinski definition) is 1. The van der Waals surface area contributed by atoms with Gasteiger partial charge in [-0.3, -0.25) is 9.52 Å². The Hall–Kier alpha value is -1.87. The summed E-state index contributed by atoms with van der Waals surface area (Å²) in [5.41, 5.74) is 1.18. The SMILES string of the molecule is Cc1ccc(NS(=O)(=O)c2ccc(-n3ncc(Cl)c(Cl)c3=O)cc2)c(Br)c1. The van der Waals surface area contributed by atoms with Crippen LogP contribution in [0.3, 0.4) is 0 Å². The molecular formula is C17H12BrCl2N3O3S. The normalized spacial score (nSPS) is 11.4. The first kappa shape index (κ1) is 19.9. The zero-order valence-corrected chi connectivity index (χ0v) is 17.7. The highest BCUT2D eigenvalue weighted by Gasteiger charge is 2.16. The summed E-state index contributed by atoms with van der Waals surface area (Å²) in [7, 11) is -3.81. The molecule has 140 valence electrons. The van der Waals surface area contributed by atoms with Crippen molar-refractivity contribution in [2.24, 2.45) is 0 Å². The van der Waals surface area contributed by atoms with E-state index in [1.165, 1.54) is 30.5 Å². The number of nitrogens with zero attached hydrogens (tertiary/aromatic N) is 2. The van der Waals surface area contributed by atoms with Gasteiger partial charge >= 0.3 is 0 Å². The van der Waals surface area contributed by atoms with Crippen LogP contribution in [0.4, 0.5) is 5.69 Å². The van der Waals surface area contributed by atoms with Gasteiger partial charge < -0.3 is 0 Å². The summed E-state index contributed by atoms with van der Waals surface area (Å²) in [5.74, 6) is 0. The van der Waals surface area contributed by atoms with E-state index in [4.69, 9.17) is 23.2 Å². The van der Waals surface area contributed by atoms with E-state index in [9.17, 15) is 13.2 Å². The zero-order valence-electron chi connectivity index (χ0n) is 13.8. The monoisotopic (exact) mass is 487 g/mol. The van der Waals surface area contributed by atoms with Crippen molar-refractivity contribution in [1.82, 2.24) is 9.78 Å². The van der Waals surface area contributed by atoms with Crippen LogP contribution in [0.5, 0.6) is 0 Å². The first-order valence-electron chi connectivity index (χ1n) is 7.52. The number of halogens is 3. The summed E-state index contributed by atoms with van der Waals surface area (Å²) in [6.07, 6.45) is 1.24. The molecule has 1 aromatic heterocycles. The molecule has 27 heavy (non-hydrogen) atoms. The molecule has 0 radical (unpaired) electrons. The first-order valence-corrected chi connectivity index (χ1v) is 10.5. The van der Waals surface area contributed by atoms with Crippen molar-refractivity contribution in [3.8, 4) is 5.69 Å². The van der Waals surface area contributed by atoms with Crippen LogP contribution in [-0.2, 0) is 10.0 Å². The van der Waals surface area contributed by atoms with E-state index in [1.807, 2.05) is 13.0 Å². The second kappa shape index (κ2) is 7.63. The van der Waals surface area contributed by atoms with Crippen molar-refractivity contribution in [3.63, 3.8) is 0 Å². The smallest absolute Gasteiger partial charge is 0.278 e. The van der Waals surface area contributed by atoms with Crippen molar-refractivity contribution in [2.75, 3.05) is 4.72 Å². The molecule has 0 unspecified atom stereocenters. The Bertz CT molecular complexity index is 1180. The summed E-state index contributed by atoms with van der Waals surface area (Å²) in [6.45, 7) is 1.90. The summed E-state index contributed by atoms with van der Waals surface area (Å²) in [6, 6.07) is 10.9. The van der Waals surface area contributed by atoms with E-state index < -0.39 is 15.6 Å². The van der Waals surface area contributed by atoms with Gasteiger partial charge in [0.1, 0.15) is 5.02 Å². The molecule has 0 aliphatic carbocycles. The third kappa shape index (κ3) is 4.19. The highest BCUT2D eigenvalue weighted by atomic mass is 79.9. The zero-order chi connectivity index (χ0) is 19.8. The molecule has 6 nitrogen and oxygen atoms in total. The highest BCUT2D eigenvalue weighted by Crippen LogP contribution is 2.26. The average molecular weight is 489 g/mol. The third-order valence-electron chi connectivity index (χ3n) is 3.64. The second-order valence-corrected chi connectivity index (χ2v) is 8.93. The summed E-state index contributed by atoms with van der Waals surface area (Å²) < 4.78 is 29.4. The highest BCUT2D eigenvalue weighted by molar-refractivity contribution is 9.10. The van der Waals surface area contributed by atoms with Crippen LogP contribution in [0.2, 0.25) is 10.0 Å². The first-order chi connectivity index (χ1) is 12.7. The number of aryl methyl sites for hydroxylation is 1. The van der Waals surface area contributed by atoms with Gasteiger partial charge in [-0.15, -0.1) is 0 Å². The van der Waals surface area contributed by atoms with Gasteiger partial charge in [-0.1, -0.05) is 29.3 Å². The summed E-state index contributed by atoms with van der Waals surface area (Å²) >= 11 is 14.9. The van der Waals surface area contributed by atoms with E-state index in [1.54, 1.807) is 12.1 Å². The van der Waals surface area contributed by atoms with Gasteiger partial charge in [-0.25, -0.2) is 8.42 Å². The fourth-order valence-electron chi connectivity index (χ4n) is 2.27. The number of rotatable bonds is 4. The summed E-state index contributed by atoms with van der Waals surface area (Å²) in [5, 5.41) is 3.79. The van der Waals surface area contributed by atoms with Gasteiger partial charge in [0.2, 0.25) is 0 Å². The Balaban J connectivity index is 1.93. The molecular weight excluding hydrogens is 477 g/mol. The van der Waals surface area contributed by atoms with Crippen LogP contribution in [0.1, 0.15) is 5.56 Å². The van der Waals surface area contributed by atoms with Crippen LogP contribution in [-0.4, -0.2) is 18.2 Å². The Morgan fingerprint density at radius 3 is 2.41 bits per heavy atom. The van der Waals surface area contributed by atoms with Crippen molar-refractivity contribution >= 4 is 54.8 Å². The van der Waals surface area contributed by atoms with Crippen LogP contribution in [0.25, 0.3) is 5.69 Å². The van der Waals surface area contributed by atoms with Gasteiger partial charge in [0.05, 0.1) is 27.5 Å². The Kier molecular flexibility index (Phi) is 5.62. The lowest BCUT2D eigenvalue weighted by Gasteiger charge is -2.11. The lowest BCUT2D eigenvalue weighted by Crippen LogP contribution is -2.21. The number of nitrogens with one attached hydrogen (secondary N) is 1. The molecule has 1 N–H and O–H groups in total. The fraction of sp³-hybridized carbons (Fsp3) is 0.0588. The number of sulfonamides is 1. The van der Waals surface area contributed by atoms with Crippen LogP contribution in [0.15, 0.2) is 62.8 Å². The number of anilines is 1. The molecule has 3 rings (SSSR count). The number of benzene rings is 2. The van der Waals surface area contributed by atoms with Gasteiger partial charge in [0.25, 0.3) is 15.6 Å². The molecule has 0 fully saturated rings. The van der Waals surface area contributed by atoms with Gasteiger partial charge in [0, 0.05) is 4.47 Å². The predicted octanol–water partition coefficient (Wildman–Crippen LogP) is 4.41. The molecule has 2 aromatic carbocycles. The van der Waals surface area contributed by atoms with E-state index in [2.05, 4.69) is 25.8 Å². The standard InChI is InChI=1S/C17H12BrCl2N3O3S/c1-10-2-7-15(13(18)8-10)22-27(25,26)12-5-3-11(4-6-12)23-17(24)16(20)14(19)9-21-23/h2-9,22H,1H3. The lowest BCUT2D eigenvalue weighted by atomic mass is 10.2. The molecule has 0 saturated heterocycles. The molecule has 3 aromatic rings. The molecule has 0 saturated carbocycles. The number of hydrogen-bond acceptors (Lipinski definition) is 4. The maximum atomic E-state index is 12.6. The van der Waals surface area contributed by atoms with E-state index >= 15 is 0 Å². The van der Waals surface area contributed by atoms with E-state index in [-0.39, 0.29) is 14.9 Å². The maximum absolute atomic E-state index is 12.6. The molecule has 10 heteroatoms. The minimum absolute atomic E-state index is 0.0341. The predicted molar refractivity (Wildman–Crippen MR) is 110 cm³/mol. The molecule has 0 aliphatic heterocycles. The molecule has 0 bridgehead atoms. The largest absolute Gasteiger partial charge is 0.291 e. The molecule has 0 amide bonds. The number of aromatic nitrogens is 2. The Morgan fingerprint density at radius 2 is 1.78 bits per heavy atom. The van der Waals surface area contributed by atoms with Crippen molar-refractivity contribution in [1.29, 1.82) is 0 Å². The second-order valence-electron chi connectivity index (χ2n) is 5.61. The van der Waals surface area contributed by atoms with E-state index in [0.717, 1.165) is 10.2 Å². The molecule has 0 spiro atoms. The van der Waals surface area contributed by atoms with Crippen LogP contribution in [0, 0.1) is 6.92 Å². The summed E-state index contributed by atoms with van der Waals surface area (Å²) in [4.78, 5) is 12.2. The average Bonchev–Trinajstić information content (AvgIpc) is 2.62. The Morgan fingerprint density at radius 1 is 1.11 bits per heavy atom. The van der Waals surface area contributed by atoms with Crippen molar-refractivity contribution in [3.05, 3.63) is 79.1 Å². The van der Waals surface area contributed by atoms with E-state index in [0.29, 0.717) is 15.8 Å². The minimum atomic E-state index is -3.81. The fourth-order valence-corrected chi connectivity index (χ4v) is 4.33. The maximum Gasteiger partial charge on any atom is 0.291 e. The topological polar surface area (TPSA) is 81.1 Å². The lowest BCUT2D eigenvalue weighted by molar-refractivity contribution is 0.601. The van der Waals surface area contributed by atoms with Crippen LogP contribution >= 0.6 is 39.1 Å². The van der Waals surface area contributed by atoms with Crippen molar-refractivity contribution in [2.45, 2.75) is 11.8 Å².